The van der Waals surface area contributed by atoms with Crippen molar-refractivity contribution < 1.29 is 14.0 Å². The number of ketones is 1. The number of hydrogen-bond acceptors (Lipinski definition) is 5. The lowest BCUT2D eigenvalue weighted by atomic mass is 10.1. The fraction of sp³-hybridized carbons (Fsp3) is 0.118. The fourth-order valence-corrected chi connectivity index (χ4v) is 2.81. The van der Waals surface area contributed by atoms with Crippen molar-refractivity contribution in [2.45, 2.75) is 12.8 Å². The van der Waals surface area contributed by atoms with E-state index in [2.05, 4.69) is 10.3 Å². The van der Waals surface area contributed by atoms with Crippen LogP contribution in [0.3, 0.4) is 0 Å². The van der Waals surface area contributed by atoms with E-state index in [9.17, 15) is 9.59 Å². The predicted molar refractivity (Wildman–Crippen MR) is 88.5 cm³/mol. The van der Waals surface area contributed by atoms with Crippen LogP contribution < -0.4 is 5.32 Å². The molecular weight excluding hydrogens is 312 g/mol. The van der Waals surface area contributed by atoms with Crippen LogP contribution in [0.5, 0.6) is 0 Å². The minimum absolute atomic E-state index is 0.00874. The zero-order valence-electron chi connectivity index (χ0n) is 12.2. The van der Waals surface area contributed by atoms with Crippen LogP contribution in [0.15, 0.2) is 58.8 Å². The second-order valence-corrected chi connectivity index (χ2v) is 5.84. The molecule has 0 spiro atoms. The van der Waals surface area contributed by atoms with Crippen molar-refractivity contribution in [3.05, 3.63) is 59.2 Å². The van der Waals surface area contributed by atoms with E-state index < -0.39 is 0 Å². The van der Waals surface area contributed by atoms with Crippen LogP contribution in [0, 0.1) is 0 Å². The number of thiophene rings is 1. The molecule has 0 fully saturated rings. The monoisotopic (exact) mass is 326 g/mol. The third kappa shape index (κ3) is 3.92. The second kappa shape index (κ2) is 7.02. The van der Waals surface area contributed by atoms with E-state index in [1.54, 1.807) is 24.4 Å². The molecule has 2 heterocycles. The molecule has 2 aromatic heterocycles. The van der Waals surface area contributed by atoms with Crippen LogP contribution >= 0.6 is 11.3 Å². The minimum Gasteiger partial charge on any atom is -0.444 e. The second-order valence-electron chi connectivity index (χ2n) is 4.90. The van der Waals surface area contributed by atoms with Gasteiger partial charge in [0.2, 0.25) is 5.91 Å². The molecule has 5 nitrogen and oxygen atoms in total. The zero-order valence-corrected chi connectivity index (χ0v) is 13.0. The summed E-state index contributed by atoms with van der Waals surface area (Å²) in [5.41, 5.74) is 1.49. The molecule has 3 rings (SSSR count). The molecule has 0 radical (unpaired) electrons. The number of anilines is 1. The Labute approximate surface area is 137 Å². The van der Waals surface area contributed by atoms with Gasteiger partial charge < -0.3 is 9.73 Å². The molecule has 0 aliphatic carbocycles. The molecular formula is C17H14N2O3S. The molecule has 0 atom stereocenters. The van der Waals surface area contributed by atoms with Crippen molar-refractivity contribution in [1.29, 1.82) is 0 Å². The van der Waals surface area contributed by atoms with Crippen molar-refractivity contribution in [2.75, 3.05) is 5.32 Å². The Morgan fingerprint density at radius 3 is 2.83 bits per heavy atom. The van der Waals surface area contributed by atoms with Gasteiger partial charge in [-0.25, -0.2) is 4.98 Å². The van der Waals surface area contributed by atoms with Crippen LogP contribution in [-0.4, -0.2) is 16.7 Å². The smallest absolute Gasteiger partial charge is 0.224 e. The van der Waals surface area contributed by atoms with Crippen molar-refractivity contribution in [2.24, 2.45) is 0 Å². The Hall–Kier alpha value is -2.73. The minimum atomic E-state index is -0.190. The molecule has 23 heavy (non-hydrogen) atoms. The van der Waals surface area contributed by atoms with Gasteiger partial charge >= 0.3 is 0 Å². The lowest BCUT2D eigenvalue weighted by Gasteiger charge is -2.06. The molecule has 0 saturated carbocycles. The average molecular weight is 326 g/mol. The van der Waals surface area contributed by atoms with Gasteiger partial charge in [-0.05, 0) is 23.6 Å². The molecule has 0 aliphatic heterocycles. The highest BCUT2D eigenvalue weighted by Crippen LogP contribution is 2.22. The Balaban J connectivity index is 1.58. The van der Waals surface area contributed by atoms with Gasteiger partial charge in [0.15, 0.2) is 17.9 Å². The molecule has 0 unspecified atom stereocenters. The number of oxazole rings is 1. The van der Waals surface area contributed by atoms with Crippen molar-refractivity contribution in [3.63, 3.8) is 0 Å². The van der Waals surface area contributed by atoms with E-state index in [0.29, 0.717) is 16.3 Å². The van der Waals surface area contributed by atoms with Gasteiger partial charge in [-0.1, -0.05) is 18.2 Å². The van der Waals surface area contributed by atoms with Crippen molar-refractivity contribution in [1.82, 2.24) is 4.98 Å². The summed E-state index contributed by atoms with van der Waals surface area (Å²) < 4.78 is 5.23. The molecule has 1 amide bonds. The lowest BCUT2D eigenvalue weighted by Crippen LogP contribution is -2.13. The largest absolute Gasteiger partial charge is 0.444 e. The van der Waals surface area contributed by atoms with Crippen LogP contribution in [0.2, 0.25) is 0 Å². The van der Waals surface area contributed by atoms with Crippen LogP contribution in [0.4, 0.5) is 5.69 Å². The number of nitrogens with zero attached hydrogens (tertiary/aromatic N) is 1. The Bertz CT molecular complexity index is 795. The molecule has 1 aromatic carbocycles. The number of nitrogens with one attached hydrogen (secondary N) is 1. The SMILES string of the molecule is O=C(CCC(=O)c1cccs1)Nc1cccc(-c2cnco2)c1. The number of aromatic nitrogens is 1. The first kappa shape index (κ1) is 15.2. The van der Waals surface area contributed by atoms with Gasteiger partial charge in [0.1, 0.15) is 0 Å². The summed E-state index contributed by atoms with van der Waals surface area (Å²) in [6, 6.07) is 10.9. The highest BCUT2D eigenvalue weighted by atomic mass is 32.1. The highest BCUT2D eigenvalue weighted by Gasteiger charge is 2.11. The van der Waals surface area contributed by atoms with E-state index in [4.69, 9.17) is 4.42 Å². The summed E-state index contributed by atoms with van der Waals surface area (Å²) in [5.74, 6) is 0.434. The summed E-state index contributed by atoms with van der Waals surface area (Å²) in [5, 5.41) is 4.64. The molecule has 6 heteroatoms. The summed E-state index contributed by atoms with van der Waals surface area (Å²) in [4.78, 5) is 28.4. The first-order chi connectivity index (χ1) is 11.2. The van der Waals surface area contributed by atoms with Crippen LogP contribution in [-0.2, 0) is 4.79 Å². The topological polar surface area (TPSA) is 72.2 Å². The number of amides is 1. The quantitative estimate of drug-likeness (QED) is 0.695. The average Bonchev–Trinajstić information content (AvgIpc) is 3.25. The molecule has 3 aromatic rings. The maximum atomic E-state index is 12.0. The summed E-state index contributed by atoms with van der Waals surface area (Å²) in [6.07, 6.45) is 3.33. The molecule has 0 saturated heterocycles. The number of rotatable bonds is 6. The van der Waals surface area contributed by atoms with E-state index in [1.807, 2.05) is 23.6 Å². The van der Waals surface area contributed by atoms with Gasteiger partial charge in [0, 0.05) is 24.1 Å². The summed E-state index contributed by atoms with van der Waals surface area (Å²) >= 11 is 1.39. The van der Waals surface area contributed by atoms with E-state index in [-0.39, 0.29) is 24.5 Å². The molecule has 0 aliphatic rings. The first-order valence-corrected chi connectivity index (χ1v) is 7.96. The number of carbonyl (C=O) groups excluding carboxylic acids is 2. The molecule has 0 bridgehead atoms. The lowest BCUT2D eigenvalue weighted by molar-refractivity contribution is -0.116. The van der Waals surface area contributed by atoms with E-state index in [0.717, 1.165) is 5.56 Å². The maximum Gasteiger partial charge on any atom is 0.224 e. The highest BCUT2D eigenvalue weighted by molar-refractivity contribution is 7.12. The maximum absolute atomic E-state index is 12.0. The van der Waals surface area contributed by atoms with Gasteiger partial charge in [-0.3, -0.25) is 9.59 Å². The Morgan fingerprint density at radius 2 is 2.09 bits per heavy atom. The van der Waals surface area contributed by atoms with Crippen LogP contribution in [0.1, 0.15) is 22.5 Å². The zero-order chi connectivity index (χ0) is 16.1. The van der Waals surface area contributed by atoms with Gasteiger partial charge in [-0.2, -0.15) is 0 Å². The van der Waals surface area contributed by atoms with Gasteiger partial charge in [0.25, 0.3) is 0 Å². The van der Waals surface area contributed by atoms with E-state index in [1.165, 1.54) is 17.7 Å². The number of benzene rings is 1. The van der Waals surface area contributed by atoms with Crippen LogP contribution in [0.25, 0.3) is 11.3 Å². The standard InChI is InChI=1S/C17H14N2O3S/c20-14(16-5-2-8-23-16)6-7-17(21)19-13-4-1-3-12(9-13)15-10-18-11-22-15/h1-5,8-11H,6-7H2,(H,19,21). The third-order valence-electron chi connectivity index (χ3n) is 3.24. The number of Topliss-reactive ketones (excluding diaryl/α,β-unsaturated/α-hetero) is 1. The van der Waals surface area contributed by atoms with Gasteiger partial charge in [0.05, 0.1) is 11.1 Å². The number of carbonyl (C=O) groups is 2. The first-order valence-electron chi connectivity index (χ1n) is 7.08. The summed E-state index contributed by atoms with van der Waals surface area (Å²) in [7, 11) is 0. The molecule has 1 N–H and O–H groups in total. The predicted octanol–water partition coefficient (Wildman–Crippen LogP) is 4.00. The third-order valence-corrected chi connectivity index (χ3v) is 4.15. The normalized spacial score (nSPS) is 10.4. The summed E-state index contributed by atoms with van der Waals surface area (Å²) in [6.45, 7) is 0. The molecule has 116 valence electrons. The Kier molecular flexibility index (Phi) is 4.63. The van der Waals surface area contributed by atoms with Gasteiger partial charge in [-0.15, -0.1) is 11.3 Å². The van der Waals surface area contributed by atoms with Crippen molar-refractivity contribution in [3.8, 4) is 11.3 Å². The fourth-order valence-electron chi connectivity index (χ4n) is 2.12. The van der Waals surface area contributed by atoms with Crippen molar-refractivity contribution >= 4 is 28.7 Å². The number of hydrogen-bond donors (Lipinski definition) is 1. The van der Waals surface area contributed by atoms with E-state index >= 15 is 0 Å². The Morgan fingerprint density at radius 1 is 1.17 bits per heavy atom.